The molecule has 1 N–H and O–H groups in total. The molecule has 0 saturated carbocycles. The highest BCUT2D eigenvalue weighted by atomic mass is 35.5. The second kappa shape index (κ2) is 8.75. The monoisotopic (exact) mass is 421 g/mol. The Kier molecular flexibility index (Phi) is 6.36. The number of hydrogen-bond donors (Lipinski definition) is 1. The van der Waals surface area contributed by atoms with E-state index in [4.69, 9.17) is 27.7 Å². The molecular weight excluding hydrogens is 401 g/mol. The van der Waals surface area contributed by atoms with Gasteiger partial charge in [0, 0.05) is 29.2 Å². The van der Waals surface area contributed by atoms with Crippen LogP contribution in [0.25, 0.3) is 5.69 Å². The molecule has 28 heavy (non-hydrogen) atoms. The molecule has 0 spiro atoms. The average molecular weight is 422 g/mol. The summed E-state index contributed by atoms with van der Waals surface area (Å²) in [6.07, 6.45) is 1.61. The van der Waals surface area contributed by atoms with E-state index in [0.29, 0.717) is 34.7 Å². The lowest BCUT2D eigenvalue weighted by Crippen LogP contribution is -2.26. The van der Waals surface area contributed by atoms with E-state index in [2.05, 4.69) is 20.6 Å². The summed E-state index contributed by atoms with van der Waals surface area (Å²) in [6, 6.07) is 5.25. The van der Waals surface area contributed by atoms with Gasteiger partial charge in [0.2, 0.25) is 11.8 Å². The summed E-state index contributed by atoms with van der Waals surface area (Å²) in [6.45, 7) is 6.12. The number of benzene rings is 1. The molecule has 0 aliphatic carbocycles. The maximum atomic E-state index is 12.3. The first kappa shape index (κ1) is 20.4. The van der Waals surface area contributed by atoms with Crippen molar-refractivity contribution in [1.82, 2.24) is 25.2 Å². The molecular formula is C19H21Cl2N5O2. The third kappa shape index (κ3) is 4.72. The van der Waals surface area contributed by atoms with Gasteiger partial charge in [0.25, 0.3) is 0 Å². The van der Waals surface area contributed by atoms with Crippen LogP contribution in [0.1, 0.15) is 35.1 Å². The Morgan fingerprint density at radius 1 is 1.25 bits per heavy atom. The van der Waals surface area contributed by atoms with Crippen LogP contribution in [-0.4, -0.2) is 32.4 Å². The number of nitrogens with one attached hydrogen (secondary N) is 1. The van der Waals surface area contributed by atoms with Crippen LogP contribution in [0.2, 0.25) is 10.0 Å². The molecule has 2 heterocycles. The van der Waals surface area contributed by atoms with Gasteiger partial charge in [0.1, 0.15) is 0 Å². The Labute approximate surface area is 173 Å². The third-order valence-corrected chi connectivity index (χ3v) is 4.91. The van der Waals surface area contributed by atoms with E-state index in [1.807, 2.05) is 19.9 Å². The average Bonchev–Trinajstić information content (AvgIpc) is 3.17. The topological polar surface area (TPSA) is 85.8 Å². The van der Waals surface area contributed by atoms with Gasteiger partial charge in [-0.1, -0.05) is 28.4 Å². The molecule has 7 nitrogen and oxygen atoms in total. The molecule has 3 rings (SSSR count). The predicted octanol–water partition coefficient (Wildman–Crippen LogP) is 3.78. The van der Waals surface area contributed by atoms with Crippen LogP contribution in [0.3, 0.4) is 0 Å². The molecule has 0 radical (unpaired) electrons. The van der Waals surface area contributed by atoms with Crippen LogP contribution >= 0.6 is 23.2 Å². The predicted molar refractivity (Wildman–Crippen MR) is 107 cm³/mol. The minimum atomic E-state index is -0.0605. The van der Waals surface area contributed by atoms with Crippen molar-refractivity contribution in [3.63, 3.8) is 0 Å². The lowest BCUT2D eigenvalue weighted by atomic mass is 10.1. The summed E-state index contributed by atoms with van der Waals surface area (Å²) in [5.41, 5.74) is 3.28. The Morgan fingerprint density at radius 2 is 2.04 bits per heavy atom. The van der Waals surface area contributed by atoms with Gasteiger partial charge in [-0.15, -0.1) is 0 Å². The Balaban J connectivity index is 1.60. The zero-order valence-electron chi connectivity index (χ0n) is 15.9. The molecule has 1 aromatic carbocycles. The third-order valence-electron chi connectivity index (χ3n) is 4.38. The highest BCUT2D eigenvalue weighted by Crippen LogP contribution is 2.27. The van der Waals surface area contributed by atoms with Crippen molar-refractivity contribution in [3.8, 4) is 5.69 Å². The smallest absolute Gasteiger partial charge is 0.226 e. The molecule has 3 aromatic rings. The van der Waals surface area contributed by atoms with Crippen molar-refractivity contribution in [1.29, 1.82) is 0 Å². The molecule has 2 aromatic heterocycles. The zero-order valence-corrected chi connectivity index (χ0v) is 17.4. The summed E-state index contributed by atoms with van der Waals surface area (Å²) in [5, 5.41) is 12.3. The number of aryl methyl sites for hydroxylation is 3. The lowest BCUT2D eigenvalue weighted by Gasteiger charge is -2.08. The molecule has 0 unspecified atom stereocenters. The SMILES string of the molecule is Cc1noc(CCCNC(=O)Cc2c(C)nn(-c3ccc(Cl)cc3Cl)c2C)n1. The molecule has 0 fully saturated rings. The van der Waals surface area contributed by atoms with Crippen LogP contribution in [0.5, 0.6) is 0 Å². The van der Waals surface area contributed by atoms with Crippen LogP contribution in [0.15, 0.2) is 22.7 Å². The summed E-state index contributed by atoms with van der Waals surface area (Å²) in [4.78, 5) is 16.5. The number of halogens is 2. The van der Waals surface area contributed by atoms with E-state index in [-0.39, 0.29) is 12.3 Å². The zero-order chi connectivity index (χ0) is 20.3. The van der Waals surface area contributed by atoms with Crippen LogP contribution in [-0.2, 0) is 17.6 Å². The van der Waals surface area contributed by atoms with Crippen molar-refractivity contribution >= 4 is 29.1 Å². The van der Waals surface area contributed by atoms with Crippen LogP contribution in [0.4, 0.5) is 0 Å². The van der Waals surface area contributed by atoms with E-state index in [0.717, 1.165) is 29.1 Å². The van der Waals surface area contributed by atoms with Gasteiger partial charge < -0.3 is 9.84 Å². The number of carbonyl (C=O) groups excluding carboxylic acids is 1. The first-order chi connectivity index (χ1) is 13.3. The molecule has 9 heteroatoms. The molecule has 148 valence electrons. The lowest BCUT2D eigenvalue weighted by molar-refractivity contribution is -0.120. The molecule has 0 aliphatic heterocycles. The van der Waals surface area contributed by atoms with Gasteiger partial charge >= 0.3 is 0 Å². The first-order valence-corrected chi connectivity index (χ1v) is 9.67. The Morgan fingerprint density at radius 3 is 2.71 bits per heavy atom. The van der Waals surface area contributed by atoms with Crippen LogP contribution < -0.4 is 5.32 Å². The van der Waals surface area contributed by atoms with Crippen molar-refractivity contribution in [2.24, 2.45) is 0 Å². The summed E-state index contributed by atoms with van der Waals surface area (Å²) < 4.78 is 6.80. The number of rotatable bonds is 7. The number of hydrogen-bond acceptors (Lipinski definition) is 5. The molecule has 0 aliphatic rings. The summed E-state index contributed by atoms with van der Waals surface area (Å²) in [7, 11) is 0. The van der Waals surface area contributed by atoms with E-state index >= 15 is 0 Å². The van der Waals surface area contributed by atoms with Gasteiger partial charge in [-0.2, -0.15) is 10.1 Å². The Hall–Kier alpha value is -2.38. The van der Waals surface area contributed by atoms with Gasteiger partial charge in [-0.25, -0.2) is 4.68 Å². The Bertz CT molecular complexity index is 996. The fourth-order valence-electron chi connectivity index (χ4n) is 2.95. The largest absolute Gasteiger partial charge is 0.356 e. The highest BCUT2D eigenvalue weighted by Gasteiger charge is 2.17. The maximum Gasteiger partial charge on any atom is 0.226 e. The number of amides is 1. The highest BCUT2D eigenvalue weighted by molar-refractivity contribution is 6.35. The minimum absolute atomic E-state index is 0.0605. The molecule has 0 atom stereocenters. The number of carbonyl (C=O) groups is 1. The van der Waals surface area contributed by atoms with Gasteiger partial charge in [-0.05, 0) is 45.4 Å². The van der Waals surface area contributed by atoms with Gasteiger partial charge in [0.15, 0.2) is 5.82 Å². The quantitative estimate of drug-likeness (QED) is 0.586. The van der Waals surface area contributed by atoms with Crippen molar-refractivity contribution in [2.45, 2.75) is 40.0 Å². The number of aromatic nitrogens is 4. The minimum Gasteiger partial charge on any atom is -0.356 e. The first-order valence-electron chi connectivity index (χ1n) is 8.91. The molecule has 0 saturated heterocycles. The standard InChI is InChI=1S/C19H21Cl2N5O2/c1-11-15(10-18(27)22-8-4-5-19-23-13(3)25-28-19)12(2)26(24-11)17-7-6-14(20)9-16(17)21/h6-7,9H,4-5,8,10H2,1-3H3,(H,22,27). The van der Waals surface area contributed by atoms with E-state index in [1.165, 1.54) is 0 Å². The van der Waals surface area contributed by atoms with E-state index in [9.17, 15) is 4.79 Å². The second-order valence-electron chi connectivity index (χ2n) is 6.52. The molecule has 1 amide bonds. The molecule has 0 bridgehead atoms. The van der Waals surface area contributed by atoms with Crippen LogP contribution in [0, 0.1) is 20.8 Å². The summed E-state index contributed by atoms with van der Waals surface area (Å²) >= 11 is 12.3. The fourth-order valence-corrected chi connectivity index (χ4v) is 3.44. The van der Waals surface area contributed by atoms with Gasteiger partial charge in [0.05, 0.1) is 22.8 Å². The number of nitrogens with zero attached hydrogens (tertiary/aromatic N) is 4. The normalized spacial score (nSPS) is 11.0. The fraction of sp³-hybridized carbons (Fsp3) is 0.368. The van der Waals surface area contributed by atoms with E-state index in [1.54, 1.807) is 23.7 Å². The van der Waals surface area contributed by atoms with Crippen molar-refractivity contribution < 1.29 is 9.32 Å². The second-order valence-corrected chi connectivity index (χ2v) is 7.37. The van der Waals surface area contributed by atoms with Crippen molar-refractivity contribution in [3.05, 3.63) is 56.9 Å². The van der Waals surface area contributed by atoms with E-state index < -0.39 is 0 Å². The summed E-state index contributed by atoms with van der Waals surface area (Å²) in [5.74, 6) is 1.14. The maximum absolute atomic E-state index is 12.3. The van der Waals surface area contributed by atoms with Gasteiger partial charge in [-0.3, -0.25) is 4.79 Å². The van der Waals surface area contributed by atoms with Crippen molar-refractivity contribution in [2.75, 3.05) is 6.54 Å².